The second-order valence-corrected chi connectivity index (χ2v) is 3.32. The second kappa shape index (κ2) is 4.14. The molecule has 0 saturated heterocycles. The van der Waals surface area contributed by atoms with Gasteiger partial charge in [-0.05, 0) is 31.2 Å². The first-order valence-electron chi connectivity index (χ1n) is 4.78. The zero-order chi connectivity index (χ0) is 11.5. The van der Waals surface area contributed by atoms with Gasteiger partial charge in [0.2, 0.25) is 0 Å². The third kappa shape index (κ3) is 1.79. The Morgan fingerprint density at radius 1 is 1.31 bits per heavy atom. The number of hydrogen-bond acceptors (Lipinski definition) is 4. The smallest absolute Gasteiger partial charge is 0.279 e. The van der Waals surface area contributed by atoms with Gasteiger partial charge in [-0.15, -0.1) is 5.10 Å². The van der Waals surface area contributed by atoms with Crippen LogP contribution < -0.4 is 4.74 Å². The number of rotatable bonds is 2. The van der Waals surface area contributed by atoms with E-state index in [1.54, 1.807) is 44.5 Å². The van der Waals surface area contributed by atoms with E-state index in [2.05, 4.69) is 10.3 Å². The van der Waals surface area contributed by atoms with Gasteiger partial charge in [-0.25, -0.2) is 0 Å². The van der Waals surface area contributed by atoms with Crippen LogP contribution in [0.5, 0.6) is 5.75 Å². The summed E-state index contributed by atoms with van der Waals surface area (Å²) in [5.41, 5.74) is 1.26. The summed E-state index contributed by atoms with van der Waals surface area (Å²) in [5.74, 6) is 0.518. The van der Waals surface area contributed by atoms with E-state index >= 15 is 0 Å². The molecule has 0 N–H and O–H groups in total. The van der Waals surface area contributed by atoms with Crippen LogP contribution >= 0.6 is 0 Å². The Morgan fingerprint density at radius 3 is 2.50 bits per heavy atom. The minimum absolute atomic E-state index is 0.197. The first-order chi connectivity index (χ1) is 7.72. The van der Waals surface area contributed by atoms with Gasteiger partial charge in [0.1, 0.15) is 5.75 Å². The fraction of sp³-hybridized carbons (Fsp3) is 0.182. The maximum Gasteiger partial charge on any atom is 0.279 e. The predicted molar refractivity (Wildman–Crippen MR) is 57.5 cm³/mol. The van der Waals surface area contributed by atoms with Crippen LogP contribution in [0.2, 0.25) is 0 Å². The molecule has 2 rings (SSSR count). The van der Waals surface area contributed by atoms with Gasteiger partial charge in [0.05, 0.1) is 19.0 Å². The highest BCUT2D eigenvalue weighted by molar-refractivity contribution is 5.95. The Morgan fingerprint density at radius 2 is 2.00 bits per heavy atom. The predicted octanol–water partition coefficient (Wildman–Crippen LogP) is 1.28. The van der Waals surface area contributed by atoms with Crippen LogP contribution in [-0.4, -0.2) is 28.0 Å². The van der Waals surface area contributed by atoms with Crippen LogP contribution in [0.25, 0.3) is 0 Å². The van der Waals surface area contributed by atoms with Crippen LogP contribution in [0.4, 0.5) is 0 Å². The topological polar surface area (TPSA) is 57.0 Å². The Hall–Kier alpha value is -2.17. The van der Waals surface area contributed by atoms with E-state index in [0.717, 1.165) is 0 Å². The molecule has 0 amide bonds. The van der Waals surface area contributed by atoms with Gasteiger partial charge in [0, 0.05) is 5.56 Å². The molecule has 0 aliphatic heterocycles. The number of aryl methyl sites for hydroxylation is 1. The zero-order valence-electron chi connectivity index (χ0n) is 9.04. The van der Waals surface area contributed by atoms with Crippen molar-refractivity contribution in [1.29, 1.82) is 0 Å². The van der Waals surface area contributed by atoms with Gasteiger partial charge in [0.25, 0.3) is 5.91 Å². The highest BCUT2D eigenvalue weighted by Crippen LogP contribution is 2.12. The lowest BCUT2D eigenvalue weighted by Crippen LogP contribution is -2.15. The number of benzene rings is 1. The number of carbonyl (C=O) groups is 1. The van der Waals surface area contributed by atoms with Gasteiger partial charge in [-0.2, -0.15) is 4.68 Å². The van der Waals surface area contributed by atoms with Crippen molar-refractivity contribution in [3.8, 4) is 5.75 Å². The van der Waals surface area contributed by atoms with Gasteiger partial charge >= 0.3 is 0 Å². The molecule has 0 unspecified atom stereocenters. The molecule has 0 aliphatic carbocycles. The minimum atomic E-state index is -0.197. The third-order valence-electron chi connectivity index (χ3n) is 2.25. The SMILES string of the molecule is COc1ccc(C(=O)n2nncc2C)cc1. The van der Waals surface area contributed by atoms with Crippen molar-refractivity contribution in [1.82, 2.24) is 15.0 Å². The first kappa shape index (κ1) is 10.4. The molecule has 82 valence electrons. The van der Waals surface area contributed by atoms with E-state index in [0.29, 0.717) is 17.0 Å². The normalized spacial score (nSPS) is 10.1. The average Bonchev–Trinajstić information content (AvgIpc) is 2.75. The first-order valence-corrected chi connectivity index (χ1v) is 4.78. The third-order valence-corrected chi connectivity index (χ3v) is 2.25. The summed E-state index contributed by atoms with van der Waals surface area (Å²) in [7, 11) is 1.58. The molecule has 0 radical (unpaired) electrons. The summed E-state index contributed by atoms with van der Waals surface area (Å²) in [5, 5.41) is 7.39. The number of aromatic nitrogens is 3. The Kier molecular flexibility index (Phi) is 2.68. The van der Waals surface area contributed by atoms with Crippen molar-refractivity contribution in [3.05, 3.63) is 41.7 Å². The molecule has 2 aromatic rings. The van der Waals surface area contributed by atoms with Crippen LogP contribution in [-0.2, 0) is 0 Å². The molecular formula is C11H11N3O2. The summed E-state index contributed by atoms with van der Waals surface area (Å²) < 4.78 is 6.28. The molecule has 1 heterocycles. The highest BCUT2D eigenvalue weighted by Gasteiger charge is 2.11. The molecule has 0 aliphatic rings. The fourth-order valence-electron chi connectivity index (χ4n) is 1.34. The quantitative estimate of drug-likeness (QED) is 0.760. The number of nitrogens with zero attached hydrogens (tertiary/aromatic N) is 3. The fourth-order valence-corrected chi connectivity index (χ4v) is 1.34. The molecule has 1 aromatic heterocycles. The van der Waals surface area contributed by atoms with E-state index < -0.39 is 0 Å². The number of carbonyl (C=O) groups excluding carboxylic acids is 1. The van der Waals surface area contributed by atoms with Gasteiger partial charge in [-0.3, -0.25) is 4.79 Å². The van der Waals surface area contributed by atoms with E-state index in [9.17, 15) is 4.79 Å². The standard InChI is InChI=1S/C11H11N3O2/c1-8-7-12-13-14(8)11(15)9-3-5-10(16-2)6-4-9/h3-7H,1-2H3. The van der Waals surface area contributed by atoms with Gasteiger partial charge in [0.15, 0.2) is 0 Å². The Bertz CT molecular complexity index is 502. The number of methoxy groups -OCH3 is 1. The maximum absolute atomic E-state index is 11.9. The van der Waals surface area contributed by atoms with Gasteiger partial charge in [-0.1, -0.05) is 5.21 Å². The Labute approximate surface area is 92.7 Å². The zero-order valence-corrected chi connectivity index (χ0v) is 9.04. The van der Waals surface area contributed by atoms with Crippen LogP contribution in [0.3, 0.4) is 0 Å². The van der Waals surface area contributed by atoms with Crippen molar-refractivity contribution >= 4 is 5.91 Å². The van der Waals surface area contributed by atoms with E-state index in [-0.39, 0.29) is 5.91 Å². The minimum Gasteiger partial charge on any atom is -0.497 e. The number of ether oxygens (including phenoxy) is 1. The molecule has 16 heavy (non-hydrogen) atoms. The molecule has 5 heteroatoms. The lowest BCUT2D eigenvalue weighted by atomic mass is 10.2. The van der Waals surface area contributed by atoms with Crippen LogP contribution in [0, 0.1) is 6.92 Å². The molecule has 0 fully saturated rings. The summed E-state index contributed by atoms with van der Waals surface area (Å²) in [6, 6.07) is 6.86. The van der Waals surface area contributed by atoms with Crippen molar-refractivity contribution in [2.24, 2.45) is 0 Å². The lowest BCUT2D eigenvalue weighted by molar-refractivity contribution is 0.0940. The van der Waals surface area contributed by atoms with E-state index in [1.807, 2.05) is 0 Å². The summed E-state index contributed by atoms with van der Waals surface area (Å²) in [6.45, 7) is 1.78. The number of hydrogen-bond donors (Lipinski definition) is 0. The van der Waals surface area contributed by atoms with Crippen molar-refractivity contribution in [3.63, 3.8) is 0 Å². The van der Waals surface area contributed by atoms with Crippen LogP contribution in [0.15, 0.2) is 30.5 Å². The molecule has 0 spiro atoms. The molecule has 0 atom stereocenters. The second-order valence-electron chi connectivity index (χ2n) is 3.32. The Balaban J connectivity index is 2.31. The molecule has 0 bridgehead atoms. The monoisotopic (exact) mass is 217 g/mol. The molecule has 1 aromatic carbocycles. The highest BCUT2D eigenvalue weighted by atomic mass is 16.5. The van der Waals surface area contributed by atoms with Crippen LogP contribution in [0.1, 0.15) is 16.1 Å². The average molecular weight is 217 g/mol. The largest absolute Gasteiger partial charge is 0.497 e. The molecule has 0 saturated carbocycles. The summed E-state index contributed by atoms with van der Waals surface area (Å²) in [4.78, 5) is 11.9. The summed E-state index contributed by atoms with van der Waals surface area (Å²) in [6.07, 6.45) is 1.54. The van der Waals surface area contributed by atoms with Crippen molar-refractivity contribution < 1.29 is 9.53 Å². The lowest BCUT2D eigenvalue weighted by Gasteiger charge is -2.03. The van der Waals surface area contributed by atoms with E-state index in [1.165, 1.54) is 4.68 Å². The van der Waals surface area contributed by atoms with Crippen molar-refractivity contribution in [2.45, 2.75) is 6.92 Å². The molecule has 5 nitrogen and oxygen atoms in total. The van der Waals surface area contributed by atoms with Gasteiger partial charge < -0.3 is 4.74 Å². The summed E-state index contributed by atoms with van der Waals surface area (Å²) >= 11 is 0. The van der Waals surface area contributed by atoms with Crippen molar-refractivity contribution in [2.75, 3.05) is 7.11 Å². The maximum atomic E-state index is 11.9. The molecular weight excluding hydrogens is 206 g/mol. The van der Waals surface area contributed by atoms with E-state index in [4.69, 9.17) is 4.74 Å².